The van der Waals surface area contributed by atoms with Gasteiger partial charge in [0.2, 0.25) is 0 Å². The molecule has 0 radical (unpaired) electrons. The fourth-order valence-corrected chi connectivity index (χ4v) is 1.16. The van der Waals surface area contributed by atoms with Gasteiger partial charge >= 0.3 is 0 Å². The summed E-state index contributed by atoms with van der Waals surface area (Å²) in [5.41, 5.74) is 6.31. The zero-order valence-electron chi connectivity index (χ0n) is 12.5. The Morgan fingerprint density at radius 2 is 1.15 bits per heavy atom. The van der Waals surface area contributed by atoms with Crippen LogP contribution < -0.4 is 10.5 Å². The average Bonchev–Trinajstić information content (AvgIpc) is 2.56. The molecule has 0 saturated heterocycles. The number of hydrogen-bond acceptors (Lipinski definition) is 4. The Bertz CT molecular complexity index is 418. The molecule has 0 aliphatic carbocycles. The number of hydrogen-bond donors (Lipinski definition) is 1. The molecule has 0 aliphatic rings. The molecule has 0 saturated carbocycles. The standard InChI is InChI=1S/C12H11NO.2C2H6.OS/c13-10-6-8-12(9-7-10)14-11-4-2-1-3-5-11;3*1-2/h1-9H,13H2;2*1-2H3;. The summed E-state index contributed by atoms with van der Waals surface area (Å²) in [4.78, 5) is 0. The average molecular weight is 293 g/mol. The fourth-order valence-electron chi connectivity index (χ4n) is 1.16. The molecule has 0 amide bonds. The Morgan fingerprint density at radius 3 is 1.60 bits per heavy atom. The van der Waals surface area contributed by atoms with E-state index in [4.69, 9.17) is 14.7 Å². The Kier molecular flexibility index (Phi) is 15.4. The monoisotopic (exact) mass is 293 g/mol. The normalized spacial score (nSPS) is 7.60. The number of nitrogen functional groups attached to an aromatic ring is 1. The predicted molar refractivity (Wildman–Crippen MR) is 88.2 cm³/mol. The number of rotatable bonds is 2. The highest BCUT2D eigenvalue weighted by molar-refractivity contribution is 7.44. The van der Waals surface area contributed by atoms with Crippen LogP contribution in [0.1, 0.15) is 27.7 Å². The summed E-state index contributed by atoms with van der Waals surface area (Å²) in [5.74, 6) is 1.63. The van der Waals surface area contributed by atoms with E-state index in [9.17, 15) is 0 Å². The molecule has 4 heteroatoms. The van der Waals surface area contributed by atoms with Gasteiger partial charge in [-0.15, -0.1) is 0 Å². The van der Waals surface area contributed by atoms with Crippen LogP contribution in [-0.2, 0) is 12.5 Å². The third-order valence-corrected chi connectivity index (χ3v) is 1.86. The first-order valence-electron chi connectivity index (χ1n) is 6.60. The van der Waals surface area contributed by atoms with Gasteiger partial charge in [0.05, 0.1) is 0 Å². The van der Waals surface area contributed by atoms with Crippen LogP contribution in [0.15, 0.2) is 54.6 Å². The van der Waals surface area contributed by atoms with Crippen molar-refractivity contribution in [2.24, 2.45) is 0 Å². The van der Waals surface area contributed by atoms with Crippen LogP contribution in [0.25, 0.3) is 0 Å². The zero-order chi connectivity index (χ0) is 15.8. The lowest BCUT2D eigenvalue weighted by Gasteiger charge is -2.04. The molecule has 0 bridgehead atoms. The summed E-state index contributed by atoms with van der Waals surface area (Å²) in [7, 11) is 0. The second-order valence-corrected chi connectivity index (χ2v) is 2.98. The maximum absolute atomic E-state index is 7.83. The van der Waals surface area contributed by atoms with Gasteiger partial charge in [-0.1, -0.05) is 45.9 Å². The molecule has 3 nitrogen and oxygen atoms in total. The van der Waals surface area contributed by atoms with Crippen LogP contribution in [0.2, 0.25) is 0 Å². The van der Waals surface area contributed by atoms with E-state index in [1.54, 1.807) is 0 Å². The number of nitrogens with two attached hydrogens (primary N) is 1. The van der Waals surface area contributed by atoms with E-state index in [2.05, 4.69) is 12.5 Å². The molecule has 0 aliphatic heterocycles. The van der Waals surface area contributed by atoms with Crippen LogP contribution in [0.4, 0.5) is 5.69 Å². The van der Waals surface area contributed by atoms with Crippen LogP contribution in [0.3, 0.4) is 0 Å². The molecule has 0 aromatic heterocycles. The predicted octanol–water partition coefficient (Wildman–Crippen LogP) is 4.78. The lowest BCUT2D eigenvalue weighted by Crippen LogP contribution is -1.85. The van der Waals surface area contributed by atoms with E-state index in [0.717, 1.165) is 17.2 Å². The minimum Gasteiger partial charge on any atom is -0.457 e. The van der Waals surface area contributed by atoms with Gasteiger partial charge in [0.1, 0.15) is 11.5 Å². The lowest BCUT2D eigenvalue weighted by molar-refractivity contribution is 0.483. The summed E-state index contributed by atoms with van der Waals surface area (Å²) in [6.07, 6.45) is 0. The van der Waals surface area contributed by atoms with E-state index in [1.165, 1.54) is 0 Å². The summed E-state index contributed by atoms with van der Waals surface area (Å²) in [6, 6.07) is 17.0. The van der Waals surface area contributed by atoms with Gasteiger partial charge in [0.15, 0.2) is 12.5 Å². The molecule has 0 fully saturated rings. The van der Waals surface area contributed by atoms with E-state index in [0.29, 0.717) is 0 Å². The zero-order valence-corrected chi connectivity index (χ0v) is 13.3. The van der Waals surface area contributed by atoms with Crippen molar-refractivity contribution < 1.29 is 8.95 Å². The van der Waals surface area contributed by atoms with Crippen molar-refractivity contribution in [2.75, 3.05) is 5.73 Å². The van der Waals surface area contributed by atoms with Gasteiger partial charge < -0.3 is 10.5 Å². The van der Waals surface area contributed by atoms with Crippen LogP contribution in [-0.4, -0.2) is 4.21 Å². The van der Waals surface area contributed by atoms with E-state index < -0.39 is 0 Å². The third-order valence-electron chi connectivity index (χ3n) is 1.86. The van der Waals surface area contributed by atoms with Crippen LogP contribution in [0.5, 0.6) is 11.5 Å². The highest BCUT2D eigenvalue weighted by Crippen LogP contribution is 2.21. The minimum atomic E-state index is 0.741. The van der Waals surface area contributed by atoms with Crippen molar-refractivity contribution in [3.8, 4) is 11.5 Å². The Morgan fingerprint density at radius 1 is 0.750 bits per heavy atom. The van der Waals surface area contributed by atoms with Crippen LogP contribution in [0, 0.1) is 0 Å². The first-order valence-corrected chi connectivity index (χ1v) is 6.93. The molecule has 2 aromatic rings. The maximum Gasteiger partial charge on any atom is 0.197 e. The topological polar surface area (TPSA) is 52.3 Å². The second kappa shape index (κ2) is 15.1. The van der Waals surface area contributed by atoms with E-state index >= 15 is 0 Å². The summed E-state index contributed by atoms with van der Waals surface area (Å²) >= 11 is 2.83. The molecule has 2 aromatic carbocycles. The molecule has 2 N–H and O–H groups in total. The number of anilines is 1. The molecule has 0 atom stereocenters. The molecule has 20 heavy (non-hydrogen) atoms. The van der Waals surface area contributed by atoms with E-state index in [1.807, 2.05) is 82.3 Å². The largest absolute Gasteiger partial charge is 0.457 e. The van der Waals surface area contributed by atoms with Gasteiger partial charge in [-0.05, 0) is 36.4 Å². The Balaban J connectivity index is 0. The molecule has 110 valence electrons. The van der Waals surface area contributed by atoms with Crippen molar-refractivity contribution in [2.45, 2.75) is 27.7 Å². The highest BCUT2D eigenvalue weighted by atomic mass is 32.1. The lowest BCUT2D eigenvalue weighted by atomic mass is 10.3. The molecular formula is C16H23NO2S. The quantitative estimate of drug-likeness (QED) is 0.810. The van der Waals surface area contributed by atoms with Crippen LogP contribution >= 0.6 is 0 Å². The number of para-hydroxylation sites is 1. The summed E-state index contributed by atoms with van der Waals surface area (Å²) in [6.45, 7) is 8.00. The molecule has 2 rings (SSSR count). The Hall–Kier alpha value is -1.94. The highest BCUT2D eigenvalue weighted by Gasteiger charge is 1.94. The maximum atomic E-state index is 7.83. The smallest absolute Gasteiger partial charge is 0.197 e. The van der Waals surface area contributed by atoms with Gasteiger partial charge in [-0.3, -0.25) is 0 Å². The number of benzene rings is 2. The third kappa shape index (κ3) is 9.05. The van der Waals surface area contributed by atoms with Gasteiger partial charge in [-0.2, -0.15) is 4.21 Å². The summed E-state index contributed by atoms with van der Waals surface area (Å²) < 4.78 is 13.4. The second-order valence-electron chi connectivity index (χ2n) is 2.98. The van der Waals surface area contributed by atoms with Crippen molar-refractivity contribution in [3.63, 3.8) is 0 Å². The first kappa shape index (κ1) is 20.4. The van der Waals surface area contributed by atoms with Crippen molar-refractivity contribution in [1.82, 2.24) is 0 Å². The van der Waals surface area contributed by atoms with Gasteiger partial charge in [0, 0.05) is 5.69 Å². The molecule has 0 spiro atoms. The van der Waals surface area contributed by atoms with Gasteiger partial charge in [-0.25, -0.2) is 0 Å². The number of ether oxygens (including phenoxy) is 1. The van der Waals surface area contributed by atoms with E-state index in [-0.39, 0.29) is 0 Å². The Labute approximate surface area is 127 Å². The molecular weight excluding hydrogens is 270 g/mol. The van der Waals surface area contributed by atoms with Crippen molar-refractivity contribution in [1.29, 1.82) is 0 Å². The minimum absolute atomic E-state index is 0.741. The molecule has 0 unspecified atom stereocenters. The SMILES string of the molecule is CC.CC.Nc1ccc(Oc2ccccc2)cc1.O=S. The first-order chi connectivity index (χ1) is 9.84. The van der Waals surface area contributed by atoms with Crippen molar-refractivity contribution >= 4 is 18.2 Å². The summed E-state index contributed by atoms with van der Waals surface area (Å²) in [5, 5.41) is 0. The van der Waals surface area contributed by atoms with Crippen molar-refractivity contribution in [3.05, 3.63) is 54.6 Å². The van der Waals surface area contributed by atoms with Gasteiger partial charge in [0.25, 0.3) is 0 Å². The molecule has 0 heterocycles. The fraction of sp³-hybridized carbons (Fsp3) is 0.250.